The molecule has 1 fully saturated rings. The van der Waals surface area contributed by atoms with E-state index in [0.717, 1.165) is 18.9 Å². The number of rotatable bonds is 7. The maximum Gasteiger partial charge on any atom is 0.339 e. The number of benzene rings is 2. The molecule has 0 aromatic heterocycles. The number of Topliss-reactive ketones (excluding diaryl/α,β-unsaturated/α-hetero) is 1. The monoisotopic (exact) mass is 388 g/mol. The molecule has 140 valence electrons. The van der Waals surface area contributed by atoms with Crippen LogP contribution in [0.15, 0.2) is 42.5 Å². The molecule has 0 heterocycles. The van der Waals surface area contributed by atoms with Gasteiger partial charge in [0.2, 0.25) is 5.78 Å². The number of hydrogen-bond donors (Lipinski definition) is 1. The first kappa shape index (κ1) is 18.8. The van der Waals surface area contributed by atoms with E-state index in [-0.39, 0.29) is 23.1 Å². The van der Waals surface area contributed by atoms with Crippen LogP contribution < -0.4 is 5.32 Å². The van der Waals surface area contributed by atoms with Crippen LogP contribution in [0.5, 0.6) is 0 Å². The third kappa shape index (κ3) is 4.62. The van der Waals surface area contributed by atoms with Crippen LogP contribution in [-0.4, -0.2) is 28.8 Å². The van der Waals surface area contributed by atoms with Crippen molar-refractivity contribution >= 4 is 34.7 Å². The van der Waals surface area contributed by atoms with Crippen LogP contribution in [0, 0.1) is 10.1 Å². The van der Waals surface area contributed by atoms with Crippen molar-refractivity contribution in [1.29, 1.82) is 0 Å². The summed E-state index contributed by atoms with van der Waals surface area (Å²) in [5, 5.41) is 14.8. The largest absolute Gasteiger partial charge is 0.451 e. The third-order valence-corrected chi connectivity index (χ3v) is 4.40. The SMILES string of the molecule is C[C@@H](OC(=O)c1ccc(NC2CC2)c([N+](=O)[O-])c1)C(=O)c1ccc(Cl)cc1. The minimum atomic E-state index is -1.04. The molecule has 1 aliphatic rings. The van der Waals surface area contributed by atoms with Crippen LogP contribution in [0.4, 0.5) is 11.4 Å². The van der Waals surface area contributed by atoms with Gasteiger partial charge in [0.15, 0.2) is 6.10 Å². The number of halogens is 1. The zero-order chi connectivity index (χ0) is 19.6. The van der Waals surface area contributed by atoms with Gasteiger partial charge in [-0.25, -0.2) is 4.79 Å². The highest BCUT2D eigenvalue weighted by atomic mass is 35.5. The molecule has 1 atom stereocenters. The van der Waals surface area contributed by atoms with Gasteiger partial charge in [-0.1, -0.05) is 11.6 Å². The number of ketones is 1. The average Bonchev–Trinajstić information content (AvgIpc) is 3.45. The van der Waals surface area contributed by atoms with Crippen LogP contribution in [0.2, 0.25) is 5.02 Å². The smallest absolute Gasteiger partial charge is 0.339 e. The Bertz CT molecular complexity index is 893. The summed E-state index contributed by atoms with van der Waals surface area (Å²) in [5.41, 5.74) is 0.533. The van der Waals surface area contributed by atoms with Crippen LogP contribution >= 0.6 is 11.6 Å². The van der Waals surface area contributed by atoms with Gasteiger partial charge in [0.25, 0.3) is 5.69 Å². The number of anilines is 1. The maximum atomic E-state index is 12.3. The van der Waals surface area contributed by atoms with E-state index >= 15 is 0 Å². The van der Waals surface area contributed by atoms with Crippen molar-refractivity contribution in [2.24, 2.45) is 0 Å². The maximum absolute atomic E-state index is 12.3. The van der Waals surface area contributed by atoms with E-state index in [1.807, 2.05) is 0 Å². The Labute approximate surface area is 160 Å². The van der Waals surface area contributed by atoms with E-state index in [9.17, 15) is 19.7 Å². The van der Waals surface area contributed by atoms with Crippen LogP contribution in [0.1, 0.15) is 40.5 Å². The number of nitro benzene ring substituents is 1. The first-order valence-corrected chi connectivity index (χ1v) is 8.78. The van der Waals surface area contributed by atoms with Crippen LogP contribution in [0.3, 0.4) is 0 Å². The molecule has 7 nitrogen and oxygen atoms in total. The van der Waals surface area contributed by atoms with Crippen molar-refractivity contribution in [2.75, 3.05) is 5.32 Å². The van der Waals surface area contributed by atoms with Crippen molar-refractivity contribution in [2.45, 2.75) is 31.9 Å². The zero-order valence-electron chi connectivity index (χ0n) is 14.5. The minimum absolute atomic E-state index is 0.0128. The lowest BCUT2D eigenvalue weighted by atomic mass is 10.1. The molecule has 1 aliphatic carbocycles. The lowest BCUT2D eigenvalue weighted by molar-refractivity contribution is -0.384. The van der Waals surface area contributed by atoms with Crippen molar-refractivity contribution in [3.05, 3.63) is 68.7 Å². The number of carbonyl (C=O) groups excluding carboxylic acids is 2. The number of nitro groups is 1. The Balaban J connectivity index is 1.72. The quantitative estimate of drug-likeness (QED) is 0.329. The highest BCUT2D eigenvalue weighted by Gasteiger charge is 2.27. The second kappa shape index (κ2) is 7.75. The molecule has 2 aromatic carbocycles. The van der Waals surface area contributed by atoms with Gasteiger partial charge in [-0.15, -0.1) is 0 Å². The molecule has 2 aromatic rings. The lowest BCUT2D eigenvalue weighted by Gasteiger charge is -2.13. The normalized spacial score (nSPS) is 14.3. The summed E-state index contributed by atoms with van der Waals surface area (Å²) in [6, 6.07) is 10.5. The summed E-state index contributed by atoms with van der Waals surface area (Å²) in [7, 11) is 0. The molecule has 0 unspecified atom stereocenters. The van der Waals surface area contributed by atoms with Crippen molar-refractivity contribution in [3.8, 4) is 0 Å². The Morgan fingerprint density at radius 1 is 1.19 bits per heavy atom. The fourth-order valence-electron chi connectivity index (χ4n) is 2.51. The summed E-state index contributed by atoms with van der Waals surface area (Å²) < 4.78 is 5.19. The molecule has 0 spiro atoms. The van der Waals surface area contributed by atoms with Gasteiger partial charge < -0.3 is 10.1 Å². The van der Waals surface area contributed by atoms with Crippen molar-refractivity contribution in [3.63, 3.8) is 0 Å². The van der Waals surface area contributed by atoms with Gasteiger partial charge in [0.05, 0.1) is 10.5 Å². The number of nitrogens with one attached hydrogen (secondary N) is 1. The van der Waals surface area contributed by atoms with E-state index in [0.29, 0.717) is 16.3 Å². The van der Waals surface area contributed by atoms with Crippen LogP contribution in [-0.2, 0) is 4.74 Å². The highest BCUT2D eigenvalue weighted by molar-refractivity contribution is 6.30. The molecule has 1 saturated carbocycles. The van der Waals surface area contributed by atoms with E-state index in [1.54, 1.807) is 12.1 Å². The van der Waals surface area contributed by atoms with E-state index in [2.05, 4.69) is 5.32 Å². The standard InChI is InChI=1S/C19H17ClN2O5/c1-11(18(23)12-2-5-14(20)6-3-12)27-19(24)13-4-9-16(21-15-7-8-15)17(10-13)22(25)26/h2-6,9-11,15,21H,7-8H2,1H3/t11-/m1/s1. The average molecular weight is 389 g/mol. The Hall–Kier alpha value is -2.93. The number of nitrogens with zero attached hydrogens (tertiary/aromatic N) is 1. The van der Waals surface area contributed by atoms with Gasteiger partial charge in [0.1, 0.15) is 5.69 Å². The molecule has 0 saturated heterocycles. The van der Waals surface area contributed by atoms with Gasteiger partial charge in [0, 0.05) is 22.7 Å². The van der Waals surface area contributed by atoms with Crippen molar-refractivity contribution < 1.29 is 19.2 Å². The molecule has 27 heavy (non-hydrogen) atoms. The molecule has 0 amide bonds. The summed E-state index contributed by atoms with van der Waals surface area (Å²) in [6.45, 7) is 1.45. The fourth-order valence-corrected chi connectivity index (χ4v) is 2.64. The molecule has 0 radical (unpaired) electrons. The second-order valence-corrected chi connectivity index (χ2v) is 6.76. The first-order chi connectivity index (χ1) is 12.8. The molecule has 1 N–H and O–H groups in total. The zero-order valence-corrected chi connectivity index (χ0v) is 15.2. The third-order valence-electron chi connectivity index (χ3n) is 4.15. The summed E-state index contributed by atoms with van der Waals surface area (Å²) in [4.78, 5) is 35.4. The van der Waals surface area contributed by atoms with E-state index in [4.69, 9.17) is 16.3 Å². The number of carbonyl (C=O) groups is 2. The molecular formula is C19H17ClN2O5. The van der Waals surface area contributed by atoms with Gasteiger partial charge in [-0.2, -0.15) is 0 Å². The summed E-state index contributed by atoms with van der Waals surface area (Å²) in [5.74, 6) is -1.19. The number of hydrogen-bond acceptors (Lipinski definition) is 6. The Morgan fingerprint density at radius 2 is 1.81 bits per heavy atom. The number of esters is 1. The van der Waals surface area contributed by atoms with E-state index in [1.165, 1.54) is 31.2 Å². The highest BCUT2D eigenvalue weighted by Crippen LogP contribution is 2.31. The van der Waals surface area contributed by atoms with Gasteiger partial charge in [-0.05, 0) is 56.2 Å². The Morgan fingerprint density at radius 3 is 2.41 bits per heavy atom. The first-order valence-electron chi connectivity index (χ1n) is 8.41. The van der Waals surface area contributed by atoms with Crippen LogP contribution in [0.25, 0.3) is 0 Å². The lowest BCUT2D eigenvalue weighted by Crippen LogP contribution is -2.24. The van der Waals surface area contributed by atoms with Gasteiger partial charge in [-0.3, -0.25) is 14.9 Å². The predicted octanol–water partition coefficient (Wildman–Crippen LogP) is 4.25. The number of ether oxygens (including phenoxy) is 1. The Kier molecular flexibility index (Phi) is 5.41. The predicted molar refractivity (Wildman–Crippen MR) is 100 cm³/mol. The van der Waals surface area contributed by atoms with Gasteiger partial charge >= 0.3 is 5.97 Å². The summed E-state index contributed by atoms with van der Waals surface area (Å²) >= 11 is 5.79. The van der Waals surface area contributed by atoms with E-state index < -0.39 is 17.0 Å². The summed E-state index contributed by atoms with van der Waals surface area (Å²) in [6.07, 6.45) is 0.887. The topological polar surface area (TPSA) is 98.5 Å². The fraction of sp³-hybridized carbons (Fsp3) is 0.263. The minimum Gasteiger partial charge on any atom is -0.451 e. The second-order valence-electron chi connectivity index (χ2n) is 6.33. The molecule has 0 aliphatic heterocycles. The molecule has 3 rings (SSSR count). The molecular weight excluding hydrogens is 372 g/mol. The molecule has 8 heteroatoms. The molecule has 0 bridgehead atoms. The van der Waals surface area contributed by atoms with Crippen molar-refractivity contribution in [1.82, 2.24) is 0 Å².